The lowest BCUT2D eigenvalue weighted by Crippen LogP contribution is -2.50. The number of piperidine rings is 1. The molecule has 0 aliphatic carbocycles. The van der Waals surface area contributed by atoms with Crippen LogP contribution >= 0.6 is 0 Å². The number of nitrogens with zero attached hydrogens (tertiary/aromatic N) is 1. The van der Waals surface area contributed by atoms with Gasteiger partial charge in [0.15, 0.2) is 6.29 Å². The zero-order valence-corrected chi connectivity index (χ0v) is 9.08. The van der Waals surface area contributed by atoms with E-state index in [1.54, 1.807) is 7.11 Å². The molecule has 0 aromatic heterocycles. The summed E-state index contributed by atoms with van der Waals surface area (Å²) in [6.45, 7) is 3.32. The number of hydrogen-bond donors (Lipinski definition) is 0. The maximum atomic E-state index is 5.63. The van der Waals surface area contributed by atoms with Crippen LogP contribution in [0.25, 0.3) is 0 Å². The average Bonchev–Trinajstić information content (AvgIpc) is 2.30. The standard InChI is InChI=1S/C11H21NO2/c1-13-11-10(6-5-9-14-11)12-7-3-2-4-8-12/h10-11H,2-9H2,1H3. The van der Waals surface area contributed by atoms with E-state index in [9.17, 15) is 0 Å². The second-order valence-electron chi connectivity index (χ2n) is 4.28. The van der Waals surface area contributed by atoms with Crippen molar-refractivity contribution in [3.8, 4) is 0 Å². The minimum Gasteiger partial charge on any atom is -0.354 e. The van der Waals surface area contributed by atoms with Gasteiger partial charge in [0, 0.05) is 13.7 Å². The van der Waals surface area contributed by atoms with Crippen molar-refractivity contribution in [2.45, 2.75) is 44.4 Å². The van der Waals surface area contributed by atoms with Crippen molar-refractivity contribution < 1.29 is 9.47 Å². The summed E-state index contributed by atoms with van der Waals surface area (Å²) in [6.07, 6.45) is 6.50. The summed E-state index contributed by atoms with van der Waals surface area (Å²) in [5, 5.41) is 0. The number of methoxy groups -OCH3 is 1. The Kier molecular flexibility index (Phi) is 3.79. The van der Waals surface area contributed by atoms with Crippen LogP contribution in [0, 0.1) is 0 Å². The molecular weight excluding hydrogens is 178 g/mol. The van der Waals surface area contributed by atoms with Gasteiger partial charge >= 0.3 is 0 Å². The van der Waals surface area contributed by atoms with Crippen LogP contribution < -0.4 is 0 Å². The van der Waals surface area contributed by atoms with Crippen LogP contribution in [0.15, 0.2) is 0 Å². The second kappa shape index (κ2) is 5.10. The van der Waals surface area contributed by atoms with Gasteiger partial charge in [-0.1, -0.05) is 6.42 Å². The van der Waals surface area contributed by atoms with Crippen molar-refractivity contribution in [3.05, 3.63) is 0 Å². The Morgan fingerprint density at radius 3 is 2.64 bits per heavy atom. The van der Waals surface area contributed by atoms with Gasteiger partial charge in [0.05, 0.1) is 6.04 Å². The molecule has 14 heavy (non-hydrogen) atoms. The summed E-state index contributed by atoms with van der Waals surface area (Å²) in [4.78, 5) is 2.55. The molecule has 2 aliphatic heterocycles. The summed E-state index contributed by atoms with van der Waals surface area (Å²) >= 11 is 0. The van der Waals surface area contributed by atoms with Crippen molar-refractivity contribution in [3.63, 3.8) is 0 Å². The lowest BCUT2D eigenvalue weighted by atomic mass is 10.0. The highest BCUT2D eigenvalue weighted by Crippen LogP contribution is 2.23. The van der Waals surface area contributed by atoms with Crippen LogP contribution in [0.1, 0.15) is 32.1 Å². The first kappa shape index (κ1) is 10.4. The number of likely N-dealkylation sites (tertiary alicyclic amines) is 1. The summed E-state index contributed by atoms with van der Waals surface area (Å²) in [7, 11) is 1.76. The first-order chi connectivity index (χ1) is 6.92. The molecule has 2 heterocycles. The monoisotopic (exact) mass is 199 g/mol. The summed E-state index contributed by atoms with van der Waals surface area (Å²) in [6, 6.07) is 0.508. The largest absolute Gasteiger partial charge is 0.354 e. The van der Waals surface area contributed by atoms with Gasteiger partial charge in [-0.25, -0.2) is 0 Å². The van der Waals surface area contributed by atoms with Crippen LogP contribution in [0.4, 0.5) is 0 Å². The maximum Gasteiger partial charge on any atom is 0.172 e. The summed E-state index contributed by atoms with van der Waals surface area (Å²) in [5.74, 6) is 0. The van der Waals surface area contributed by atoms with E-state index in [0.29, 0.717) is 6.04 Å². The van der Waals surface area contributed by atoms with Crippen molar-refractivity contribution in [2.24, 2.45) is 0 Å². The Balaban J connectivity index is 1.91. The van der Waals surface area contributed by atoms with Crippen LogP contribution in [-0.2, 0) is 9.47 Å². The number of hydrogen-bond acceptors (Lipinski definition) is 3. The molecule has 2 unspecified atom stereocenters. The van der Waals surface area contributed by atoms with Gasteiger partial charge in [0.2, 0.25) is 0 Å². The number of ether oxygens (including phenoxy) is 2. The quantitative estimate of drug-likeness (QED) is 0.674. The van der Waals surface area contributed by atoms with Gasteiger partial charge in [0.25, 0.3) is 0 Å². The van der Waals surface area contributed by atoms with Crippen molar-refractivity contribution >= 4 is 0 Å². The van der Waals surface area contributed by atoms with E-state index in [1.807, 2.05) is 0 Å². The Hall–Kier alpha value is -0.120. The molecule has 0 spiro atoms. The molecule has 0 aromatic carbocycles. The van der Waals surface area contributed by atoms with E-state index in [-0.39, 0.29) is 6.29 Å². The Labute approximate surface area is 86.4 Å². The summed E-state index contributed by atoms with van der Waals surface area (Å²) in [5.41, 5.74) is 0. The Morgan fingerprint density at radius 2 is 1.93 bits per heavy atom. The van der Waals surface area contributed by atoms with Crippen LogP contribution in [0.5, 0.6) is 0 Å². The van der Waals surface area contributed by atoms with E-state index < -0.39 is 0 Å². The highest BCUT2D eigenvalue weighted by Gasteiger charge is 2.31. The molecule has 82 valence electrons. The molecule has 3 nitrogen and oxygen atoms in total. The minimum absolute atomic E-state index is 0.0156. The Morgan fingerprint density at radius 1 is 1.14 bits per heavy atom. The van der Waals surface area contributed by atoms with Gasteiger partial charge in [-0.05, 0) is 38.8 Å². The molecule has 0 aromatic rings. The Bertz CT molecular complexity index is 169. The topological polar surface area (TPSA) is 21.7 Å². The predicted octanol–water partition coefficient (Wildman–Crippen LogP) is 1.62. The van der Waals surface area contributed by atoms with Gasteiger partial charge in [-0.3, -0.25) is 4.90 Å². The molecule has 0 N–H and O–H groups in total. The molecule has 3 heteroatoms. The predicted molar refractivity (Wildman–Crippen MR) is 55.2 cm³/mol. The van der Waals surface area contributed by atoms with Crippen molar-refractivity contribution in [2.75, 3.05) is 26.8 Å². The van der Waals surface area contributed by atoms with E-state index in [0.717, 1.165) is 6.61 Å². The first-order valence-electron chi connectivity index (χ1n) is 5.80. The van der Waals surface area contributed by atoms with Gasteiger partial charge in [-0.2, -0.15) is 0 Å². The lowest BCUT2D eigenvalue weighted by Gasteiger charge is -2.40. The molecule has 2 fully saturated rings. The van der Waals surface area contributed by atoms with Crippen LogP contribution in [-0.4, -0.2) is 44.0 Å². The molecular formula is C11H21NO2. The minimum atomic E-state index is 0.0156. The molecule has 2 rings (SSSR count). The van der Waals surface area contributed by atoms with Crippen LogP contribution in [0.2, 0.25) is 0 Å². The highest BCUT2D eigenvalue weighted by atomic mass is 16.7. The highest BCUT2D eigenvalue weighted by molar-refractivity contribution is 4.80. The molecule has 0 bridgehead atoms. The smallest absolute Gasteiger partial charge is 0.172 e. The van der Waals surface area contributed by atoms with E-state index in [4.69, 9.17) is 9.47 Å². The third-order valence-electron chi connectivity index (χ3n) is 3.33. The zero-order chi connectivity index (χ0) is 9.80. The maximum absolute atomic E-state index is 5.63. The normalized spacial score (nSPS) is 35.8. The zero-order valence-electron chi connectivity index (χ0n) is 9.08. The van der Waals surface area contributed by atoms with E-state index in [1.165, 1.54) is 45.2 Å². The van der Waals surface area contributed by atoms with Crippen LogP contribution in [0.3, 0.4) is 0 Å². The third-order valence-corrected chi connectivity index (χ3v) is 3.33. The molecule has 2 saturated heterocycles. The molecule has 2 atom stereocenters. The van der Waals surface area contributed by atoms with Gasteiger partial charge in [0.1, 0.15) is 0 Å². The van der Waals surface area contributed by atoms with Gasteiger partial charge in [-0.15, -0.1) is 0 Å². The second-order valence-corrected chi connectivity index (χ2v) is 4.28. The first-order valence-corrected chi connectivity index (χ1v) is 5.80. The molecule has 2 aliphatic rings. The number of rotatable bonds is 2. The van der Waals surface area contributed by atoms with Gasteiger partial charge < -0.3 is 9.47 Å². The molecule has 0 saturated carbocycles. The van der Waals surface area contributed by atoms with E-state index in [2.05, 4.69) is 4.90 Å². The fraction of sp³-hybridized carbons (Fsp3) is 1.00. The average molecular weight is 199 g/mol. The molecule has 0 radical (unpaired) electrons. The fourth-order valence-corrected chi connectivity index (χ4v) is 2.57. The summed E-state index contributed by atoms with van der Waals surface area (Å²) < 4.78 is 11.0. The lowest BCUT2D eigenvalue weighted by molar-refractivity contribution is -0.186. The SMILES string of the molecule is COC1OCCCC1N1CCCCC1. The van der Waals surface area contributed by atoms with E-state index >= 15 is 0 Å². The third kappa shape index (κ3) is 2.27. The molecule has 0 amide bonds. The fourth-order valence-electron chi connectivity index (χ4n) is 2.57. The van der Waals surface area contributed by atoms with Crippen molar-refractivity contribution in [1.29, 1.82) is 0 Å². The van der Waals surface area contributed by atoms with Crippen molar-refractivity contribution in [1.82, 2.24) is 4.90 Å².